The number of aromatic nitrogens is 1. The van der Waals surface area contributed by atoms with Gasteiger partial charge in [-0.05, 0) is 24.1 Å². The van der Waals surface area contributed by atoms with Crippen LogP contribution >= 0.6 is 31.8 Å². The quantitative estimate of drug-likeness (QED) is 0.334. The number of benzene rings is 1. The van der Waals surface area contributed by atoms with Crippen LogP contribution < -0.4 is 0 Å². The summed E-state index contributed by atoms with van der Waals surface area (Å²) in [7, 11) is 9.53. The molecule has 1 heterocycles. The number of pyridine rings is 1. The smallest absolute Gasteiger partial charge is 0.0267 e. The number of aliphatic imine (C=N–C) groups is 1. The fourth-order valence-electron chi connectivity index (χ4n) is 1.47. The number of aryl methyl sites for hydroxylation is 2. The third kappa shape index (κ3) is 9.89. The molecule has 0 atom stereocenters. The maximum Gasteiger partial charge on any atom is 0.0267 e. The summed E-state index contributed by atoms with van der Waals surface area (Å²) >= 11 is 6.17. The molecule has 2 aromatic rings. The standard InChI is InChI=1S/C10H11ClN.C5H5N.2ClH.Fe/c1-4-12-10-8(3)5-7(2)6-9(10)11;1-2-4-6-5-3-1;;;/h5-6H,1-3H3;1-5H;2*1H;/q-1;;;;+3/p-2. The van der Waals surface area contributed by atoms with Crippen molar-refractivity contribution >= 4 is 43.7 Å². The van der Waals surface area contributed by atoms with Gasteiger partial charge in [0.05, 0.1) is 0 Å². The Hall–Kier alpha value is -0.571. The summed E-state index contributed by atoms with van der Waals surface area (Å²) in [6.45, 7) is 5.77. The van der Waals surface area contributed by atoms with Gasteiger partial charge in [-0.25, -0.2) is 0 Å². The van der Waals surface area contributed by atoms with Crippen LogP contribution in [0.15, 0.2) is 47.7 Å². The summed E-state index contributed by atoms with van der Waals surface area (Å²) < 4.78 is 0. The van der Waals surface area contributed by atoms with Crippen molar-refractivity contribution in [3.8, 4) is 0 Å². The minimum atomic E-state index is 0.194. The molecule has 0 fully saturated rings. The number of rotatable bonds is 1. The van der Waals surface area contributed by atoms with Crippen molar-refractivity contribution in [1.82, 2.24) is 4.98 Å². The topological polar surface area (TPSA) is 25.2 Å². The average Bonchev–Trinajstić information content (AvgIpc) is 2.46. The Balaban J connectivity index is 0.000000369. The van der Waals surface area contributed by atoms with Gasteiger partial charge in [-0.2, -0.15) is 6.21 Å². The molecule has 2 nitrogen and oxygen atoms in total. The summed E-state index contributed by atoms with van der Waals surface area (Å²) in [5.41, 5.74) is 3.08. The molecule has 21 heavy (non-hydrogen) atoms. The van der Waals surface area contributed by atoms with E-state index in [1.807, 2.05) is 38.1 Å². The molecule has 0 spiro atoms. The largest absolute Gasteiger partial charge is 0.265 e. The summed E-state index contributed by atoms with van der Waals surface area (Å²) in [6, 6.07) is 9.68. The number of hydrogen-bond donors (Lipinski definition) is 0. The first-order valence-electron chi connectivity index (χ1n) is 5.91. The van der Waals surface area contributed by atoms with E-state index < -0.39 is 0 Å². The Morgan fingerprint density at radius 1 is 1.10 bits per heavy atom. The first-order valence-corrected chi connectivity index (χ1v) is 9.32. The number of halogens is 3. The molecule has 0 saturated carbocycles. The fourth-order valence-corrected chi connectivity index (χ4v) is 1.84. The van der Waals surface area contributed by atoms with E-state index in [2.05, 4.69) is 22.3 Å². The van der Waals surface area contributed by atoms with Gasteiger partial charge in [0, 0.05) is 12.4 Å². The van der Waals surface area contributed by atoms with Crippen LogP contribution in [0, 0.1) is 13.8 Å². The summed E-state index contributed by atoms with van der Waals surface area (Å²) in [4.78, 5) is 7.85. The Kier molecular flexibility index (Phi) is 12.8. The van der Waals surface area contributed by atoms with Crippen LogP contribution in [0.3, 0.4) is 0 Å². The molecular weight excluding hydrogens is 370 g/mol. The molecule has 0 bridgehead atoms. The second-order valence-corrected chi connectivity index (χ2v) is 6.05. The number of hydrogen-bond acceptors (Lipinski definition) is 2. The van der Waals surface area contributed by atoms with Crippen molar-refractivity contribution < 1.29 is 13.1 Å². The molecule has 0 unspecified atom stereocenters. The van der Waals surface area contributed by atoms with E-state index in [1.165, 1.54) is 0 Å². The second-order valence-electron chi connectivity index (χ2n) is 3.82. The van der Waals surface area contributed by atoms with Crippen molar-refractivity contribution in [1.29, 1.82) is 0 Å². The molecular formula is C15H16Cl3FeN2. The van der Waals surface area contributed by atoms with Crippen molar-refractivity contribution in [2.45, 2.75) is 20.8 Å². The van der Waals surface area contributed by atoms with E-state index in [0.29, 0.717) is 5.02 Å². The minimum Gasteiger partial charge on any atom is -0.265 e. The van der Waals surface area contributed by atoms with Gasteiger partial charge in [-0.1, -0.05) is 36.4 Å². The van der Waals surface area contributed by atoms with E-state index in [9.17, 15) is 0 Å². The van der Waals surface area contributed by atoms with E-state index in [-0.39, 0.29) is 13.1 Å². The molecule has 6 heteroatoms. The SMILES string of the molecule is C[C-]=Nc1c(C)cc(C)cc1Cl.[Cl][Fe+][Cl].c1ccncc1. The zero-order valence-corrected chi connectivity index (χ0v) is 15.3. The monoisotopic (exact) mass is 385 g/mol. The van der Waals surface area contributed by atoms with E-state index in [1.54, 1.807) is 19.3 Å². The van der Waals surface area contributed by atoms with Gasteiger partial charge in [0.25, 0.3) is 0 Å². The molecule has 0 aliphatic rings. The maximum absolute atomic E-state index is 5.98. The number of nitrogens with zero attached hydrogens (tertiary/aromatic N) is 2. The Bertz CT molecular complexity index is 484. The van der Waals surface area contributed by atoms with Gasteiger partial charge >= 0.3 is 33.3 Å². The zero-order valence-electron chi connectivity index (χ0n) is 11.9. The van der Waals surface area contributed by atoms with Crippen LogP contribution in [0.25, 0.3) is 0 Å². The van der Waals surface area contributed by atoms with Crippen LogP contribution in [0.4, 0.5) is 5.69 Å². The maximum atomic E-state index is 5.98. The van der Waals surface area contributed by atoms with Gasteiger partial charge in [0.15, 0.2) is 0 Å². The third-order valence-corrected chi connectivity index (χ3v) is 2.48. The molecule has 1 aromatic carbocycles. The van der Waals surface area contributed by atoms with Gasteiger partial charge in [0.2, 0.25) is 0 Å². The Morgan fingerprint density at radius 3 is 2.00 bits per heavy atom. The summed E-state index contributed by atoms with van der Waals surface area (Å²) in [5.74, 6) is 0. The summed E-state index contributed by atoms with van der Waals surface area (Å²) in [6.07, 6.45) is 6.23. The van der Waals surface area contributed by atoms with Crippen LogP contribution in [0.2, 0.25) is 5.02 Å². The van der Waals surface area contributed by atoms with Crippen molar-refractivity contribution in [2.24, 2.45) is 4.99 Å². The molecule has 0 N–H and O–H groups in total. The van der Waals surface area contributed by atoms with Crippen molar-refractivity contribution in [3.05, 3.63) is 58.9 Å². The van der Waals surface area contributed by atoms with Crippen LogP contribution in [0.5, 0.6) is 0 Å². The third-order valence-electron chi connectivity index (χ3n) is 2.19. The average molecular weight is 387 g/mol. The predicted octanol–water partition coefficient (Wildman–Crippen LogP) is 6.01. The molecule has 0 amide bonds. The Labute approximate surface area is 146 Å². The van der Waals surface area contributed by atoms with Crippen molar-refractivity contribution in [2.75, 3.05) is 0 Å². The predicted molar refractivity (Wildman–Crippen MR) is 89.6 cm³/mol. The van der Waals surface area contributed by atoms with Crippen LogP contribution in [-0.4, -0.2) is 11.2 Å². The normalized spacial score (nSPS) is 9.43. The van der Waals surface area contributed by atoms with E-state index in [0.717, 1.165) is 16.8 Å². The molecule has 2 rings (SSSR count). The van der Waals surface area contributed by atoms with E-state index in [4.69, 9.17) is 31.8 Å². The van der Waals surface area contributed by atoms with Gasteiger partial charge in [-0.3, -0.25) is 4.98 Å². The van der Waals surface area contributed by atoms with Gasteiger partial charge in [0.1, 0.15) is 0 Å². The van der Waals surface area contributed by atoms with Crippen molar-refractivity contribution in [3.63, 3.8) is 0 Å². The van der Waals surface area contributed by atoms with E-state index >= 15 is 0 Å². The summed E-state index contributed by atoms with van der Waals surface area (Å²) in [5, 5.41) is 0.696. The molecule has 1 aromatic heterocycles. The fraction of sp³-hybridized carbons (Fsp3) is 0.200. The Morgan fingerprint density at radius 2 is 1.67 bits per heavy atom. The molecule has 0 aliphatic heterocycles. The first kappa shape index (κ1) is 20.4. The first-order chi connectivity index (χ1) is 10.1. The second kappa shape index (κ2) is 13.1. The molecule has 115 valence electrons. The van der Waals surface area contributed by atoms with Crippen LogP contribution in [-0.2, 0) is 13.1 Å². The molecule has 0 saturated heterocycles. The molecule has 0 radical (unpaired) electrons. The minimum absolute atomic E-state index is 0.194. The van der Waals surface area contributed by atoms with Crippen LogP contribution in [0.1, 0.15) is 18.1 Å². The van der Waals surface area contributed by atoms with Gasteiger partial charge < -0.3 is 4.99 Å². The zero-order chi connectivity index (χ0) is 16.1. The van der Waals surface area contributed by atoms with Gasteiger partial charge in [-0.15, -0.1) is 24.1 Å². The molecule has 0 aliphatic carbocycles.